The first kappa shape index (κ1) is 15.2. The normalized spacial score (nSPS) is 9.86. The van der Waals surface area contributed by atoms with Crippen LogP contribution in [0.25, 0.3) is 0 Å². The summed E-state index contributed by atoms with van der Waals surface area (Å²) >= 11 is 0. The van der Waals surface area contributed by atoms with Crippen LogP contribution in [-0.4, -0.2) is 24.0 Å². The van der Waals surface area contributed by atoms with E-state index in [1.165, 1.54) is 55.6 Å². The molecule has 0 atom stereocenters. The van der Waals surface area contributed by atoms with Crippen molar-refractivity contribution in [1.29, 1.82) is 0 Å². The zero-order chi connectivity index (χ0) is 16.1. The van der Waals surface area contributed by atoms with Crippen molar-refractivity contribution in [2.75, 3.05) is 7.11 Å². The van der Waals surface area contributed by atoms with Gasteiger partial charge in [0.1, 0.15) is 0 Å². The first-order valence-corrected chi connectivity index (χ1v) is 6.17. The van der Waals surface area contributed by atoms with E-state index in [1.54, 1.807) is 0 Å². The van der Waals surface area contributed by atoms with Crippen molar-refractivity contribution >= 4 is 17.6 Å². The second kappa shape index (κ2) is 6.49. The highest BCUT2D eigenvalue weighted by Gasteiger charge is 2.18. The zero-order valence-corrected chi connectivity index (χ0v) is 11.5. The number of methoxy groups -OCH3 is 1. The van der Waals surface area contributed by atoms with Crippen LogP contribution < -0.4 is 4.74 Å². The molecule has 2 aromatic carbocycles. The Morgan fingerprint density at radius 1 is 0.955 bits per heavy atom. The molecule has 112 valence electrons. The number of nitro benzene ring substituents is 1. The third-order valence-electron chi connectivity index (χ3n) is 2.81. The highest BCUT2D eigenvalue weighted by molar-refractivity contribution is 5.94. The van der Waals surface area contributed by atoms with Crippen molar-refractivity contribution in [1.82, 2.24) is 0 Å². The van der Waals surface area contributed by atoms with Gasteiger partial charge in [-0.1, -0.05) is 12.1 Å². The predicted molar refractivity (Wildman–Crippen MR) is 75.8 cm³/mol. The Hall–Kier alpha value is -3.22. The number of hydrogen-bond donors (Lipinski definition) is 0. The Morgan fingerprint density at radius 3 is 2.05 bits per heavy atom. The molecule has 22 heavy (non-hydrogen) atoms. The molecule has 7 heteroatoms. The molecule has 0 heterocycles. The summed E-state index contributed by atoms with van der Waals surface area (Å²) in [6.07, 6.45) is 0. The molecule has 0 unspecified atom stereocenters. The van der Waals surface area contributed by atoms with Gasteiger partial charge in [-0.2, -0.15) is 0 Å². The number of hydrogen-bond acceptors (Lipinski definition) is 6. The maximum Gasteiger partial charge on any atom is 0.343 e. The largest absolute Gasteiger partial charge is 0.465 e. The summed E-state index contributed by atoms with van der Waals surface area (Å²) < 4.78 is 9.57. The van der Waals surface area contributed by atoms with Crippen LogP contribution in [0, 0.1) is 10.1 Å². The quantitative estimate of drug-likeness (QED) is 0.373. The lowest BCUT2D eigenvalue weighted by atomic mass is 10.1. The van der Waals surface area contributed by atoms with Gasteiger partial charge in [0, 0.05) is 6.07 Å². The number of benzene rings is 2. The molecular formula is C15H11NO6. The Morgan fingerprint density at radius 2 is 1.50 bits per heavy atom. The lowest BCUT2D eigenvalue weighted by molar-refractivity contribution is -0.385. The number of nitrogens with zero attached hydrogens (tertiary/aromatic N) is 1. The van der Waals surface area contributed by atoms with Gasteiger partial charge < -0.3 is 9.47 Å². The molecule has 2 rings (SSSR count). The third kappa shape index (κ3) is 3.26. The second-order valence-electron chi connectivity index (χ2n) is 4.18. The Labute approximate surface area is 125 Å². The number of para-hydroxylation sites is 2. The van der Waals surface area contributed by atoms with E-state index in [9.17, 15) is 19.7 Å². The lowest BCUT2D eigenvalue weighted by Gasteiger charge is -2.05. The monoisotopic (exact) mass is 301 g/mol. The number of nitro groups is 1. The number of esters is 2. The molecule has 0 radical (unpaired) electrons. The van der Waals surface area contributed by atoms with E-state index in [-0.39, 0.29) is 22.6 Å². The maximum absolute atomic E-state index is 12.0. The molecule has 0 N–H and O–H groups in total. The molecule has 0 aliphatic rings. The van der Waals surface area contributed by atoms with E-state index in [0.717, 1.165) is 0 Å². The van der Waals surface area contributed by atoms with E-state index in [2.05, 4.69) is 4.74 Å². The third-order valence-corrected chi connectivity index (χ3v) is 2.81. The van der Waals surface area contributed by atoms with E-state index >= 15 is 0 Å². The SMILES string of the molecule is COC(=O)c1ccc(C(=O)Oc2ccccc2[N+](=O)[O-])cc1. The fraction of sp³-hybridized carbons (Fsp3) is 0.0667. The molecule has 0 aromatic heterocycles. The minimum Gasteiger partial charge on any atom is -0.465 e. The van der Waals surface area contributed by atoms with Crippen LogP contribution in [0.2, 0.25) is 0 Å². The summed E-state index contributed by atoms with van der Waals surface area (Å²) in [6.45, 7) is 0. The summed E-state index contributed by atoms with van der Waals surface area (Å²) in [4.78, 5) is 33.5. The summed E-state index contributed by atoms with van der Waals surface area (Å²) in [5.41, 5.74) is 0.137. The van der Waals surface area contributed by atoms with Gasteiger partial charge in [0.15, 0.2) is 0 Å². The first-order valence-electron chi connectivity index (χ1n) is 6.17. The van der Waals surface area contributed by atoms with Crippen molar-refractivity contribution < 1.29 is 24.0 Å². The number of carbonyl (C=O) groups is 2. The van der Waals surface area contributed by atoms with E-state index in [1.807, 2.05) is 0 Å². The molecule has 0 aliphatic heterocycles. The van der Waals surface area contributed by atoms with Crippen LogP contribution in [0.1, 0.15) is 20.7 Å². The van der Waals surface area contributed by atoms with Gasteiger partial charge in [0.05, 0.1) is 23.2 Å². The van der Waals surface area contributed by atoms with Gasteiger partial charge in [-0.25, -0.2) is 9.59 Å². The predicted octanol–water partition coefficient (Wildman–Crippen LogP) is 2.60. The van der Waals surface area contributed by atoms with Crippen molar-refractivity contribution in [2.45, 2.75) is 0 Å². The molecule has 0 bridgehead atoms. The summed E-state index contributed by atoms with van der Waals surface area (Å²) in [5, 5.41) is 10.9. The van der Waals surface area contributed by atoms with Crippen LogP contribution in [0.4, 0.5) is 5.69 Å². The van der Waals surface area contributed by atoms with E-state index in [0.29, 0.717) is 0 Å². The molecule has 2 aromatic rings. The minimum absolute atomic E-state index is 0.144. The maximum atomic E-state index is 12.0. The molecule has 0 spiro atoms. The van der Waals surface area contributed by atoms with Gasteiger partial charge in [0.25, 0.3) is 0 Å². The van der Waals surface area contributed by atoms with Gasteiger partial charge >= 0.3 is 17.6 Å². The summed E-state index contributed by atoms with van der Waals surface area (Å²) in [7, 11) is 1.25. The fourth-order valence-corrected chi connectivity index (χ4v) is 1.71. The van der Waals surface area contributed by atoms with Crippen LogP contribution in [0.15, 0.2) is 48.5 Å². The minimum atomic E-state index is -0.759. The second-order valence-corrected chi connectivity index (χ2v) is 4.18. The van der Waals surface area contributed by atoms with E-state index in [4.69, 9.17) is 4.74 Å². The van der Waals surface area contributed by atoms with Crippen LogP contribution in [0.3, 0.4) is 0 Å². The van der Waals surface area contributed by atoms with Gasteiger partial charge in [-0.15, -0.1) is 0 Å². The summed E-state index contributed by atoms with van der Waals surface area (Å²) in [6, 6.07) is 11.1. The Kier molecular flexibility index (Phi) is 4.47. The molecular weight excluding hydrogens is 290 g/mol. The standard InChI is InChI=1S/C15H11NO6/c1-21-14(17)10-6-8-11(9-7-10)15(18)22-13-5-3-2-4-12(13)16(19)20/h2-9H,1H3. The Bertz CT molecular complexity index is 723. The fourth-order valence-electron chi connectivity index (χ4n) is 1.71. The molecule has 0 saturated heterocycles. The zero-order valence-electron chi connectivity index (χ0n) is 11.5. The van der Waals surface area contributed by atoms with Crippen molar-refractivity contribution in [3.8, 4) is 5.75 Å². The highest BCUT2D eigenvalue weighted by atomic mass is 16.6. The first-order chi connectivity index (χ1) is 10.5. The highest BCUT2D eigenvalue weighted by Crippen LogP contribution is 2.26. The molecule has 0 aliphatic carbocycles. The van der Waals surface area contributed by atoms with Crippen LogP contribution >= 0.6 is 0 Å². The van der Waals surface area contributed by atoms with Crippen molar-refractivity contribution in [3.05, 3.63) is 69.8 Å². The summed E-state index contributed by atoms with van der Waals surface area (Å²) in [5.74, 6) is -1.43. The van der Waals surface area contributed by atoms with Crippen molar-refractivity contribution in [3.63, 3.8) is 0 Å². The van der Waals surface area contributed by atoms with E-state index < -0.39 is 16.9 Å². The number of rotatable bonds is 4. The average molecular weight is 301 g/mol. The van der Waals surface area contributed by atoms with Crippen LogP contribution in [-0.2, 0) is 4.74 Å². The number of ether oxygens (including phenoxy) is 2. The molecule has 7 nitrogen and oxygen atoms in total. The molecule has 0 amide bonds. The van der Waals surface area contributed by atoms with Gasteiger partial charge in [-0.05, 0) is 30.3 Å². The number of carbonyl (C=O) groups excluding carboxylic acids is 2. The smallest absolute Gasteiger partial charge is 0.343 e. The molecule has 0 saturated carbocycles. The van der Waals surface area contributed by atoms with Crippen LogP contribution in [0.5, 0.6) is 5.75 Å². The van der Waals surface area contributed by atoms with Gasteiger partial charge in [-0.3, -0.25) is 10.1 Å². The molecule has 0 fully saturated rings. The topological polar surface area (TPSA) is 95.7 Å². The van der Waals surface area contributed by atoms with Gasteiger partial charge in [0.2, 0.25) is 5.75 Å². The Balaban J connectivity index is 2.19. The lowest BCUT2D eigenvalue weighted by Crippen LogP contribution is -2.10. The van der Waals surface area contributed by atoms with Crippen molar-refractivity contribution in [2.24, 2.45) is 0 Å². The average Bonchev–Trinajstić information content (AvgIpc) is 2.54.